The molecule has 0 amide bonds. The molecule has 0 aromatic carbocycles. The molecule has 4 aliphatic carbocycles. The monoisotopic (exact) mass is 426 g/mol. The molecule has 31 heavy (non-hydrogen) atoms. The molecule has 2 heteroatoms. The lowest BCUT2D eigenvalue weighted by molar-refractivity contribution is -0.119. The molecule has 1 N–H and O–H groups in total. The Kier molecular flexibility index (Phi) is 6.36. The molecule has 1 unspecified atom stereocenters. The molecule has 174 valence electrons. The molecule has 0 aliphatic heterocycles. The molecule has 0 saturated heterocycles. The van der Waals surface area contributed by atoms with Gasteiger partial charge in [-0.05, 0) is 109 Å². The van der Waals surface area contributed by atoms with Crippen molar-refractivity contribution in [3.05, 3.63) is 23.8 Å². The van der Waals surface area contributed by atoms with E-state index in [1.165, 1.54) is 32.1 Å². The summed E-state index contributed by atoms with van der Waals surface area (Å²) in [7, 11) is 0. The first-order chi connectivity index (χ1) is 14.6. The molecule has 0 aromatic heterocycles. The van der Waals surface area contributed by atoms with Gasteiger partial charge in [-0.25, -0.2) is 0 Å². The smallest absolute Gasteiger partial charge is 0.155 e. The van der Waals surface area contributed by atoms with E-state index in [-0.39, 0.29) is 11.2 Å². The summed E-state index contributed by atoms with van der Waals surface area (Å²) in [5.41, 5.74) is 1.50. The Hall–Kier alpha value is -0.890. The van der Waals surface area contributed by atoms with Gasteiger partial charge in [-0.15, -0.1) is 0 Å². The molecule has 3 fully saturated rings. The molecule has 0 spiro atoms. The topological polar surface area (TPSA) is 37.3 Å². The lowest BCUT2D eigenvalue weighted by Gasteiger charge is -2.59. The maximum Gasteiger partial charge on any atom is 0.155 e. The first kappa shape index (κ1) is 23.3. The number of carbonyl (C=O) groups excluding carboxylic acids is 1. The van der Waals surface area contributed by atoms with Crippen LogP contribution >= 0.6 is 0 Å². The number of carbonyl (C=O) groups is 1. The van der Waals surface area contributed by atoms with Crippen molar-refractivity contribution in [2.45, 2.75) is 99.0 Å². The Morgan fingerprint density at radius 2 is 1.84 bits per heavy atom. The number of aliphatic hydroxyl groups is 1. The standard InChI is InChI=1S/C29H46O2/c1-7-20(18(2)3)9-8-19(4)23-10-11-24-22-17-27(31)26-16-21(30)12-14-29(26,6)25(22)13-15-28(23,24)5/h8-9,16,18-20,22-25,27,31H,7,10-15,17H2,1-6H3/b9-8+/t19-,20-,22+,23-,24+,25+,27?,28-,29-/m1/s1. The minimum atomic E-state index is -0.412. The van der Waals surface area contributed by atoms with E-state index < -0.39 is 6.10 Å². The summed E-state index contributed by atoms with van der Waals surface area (Å²) in [6.45, 7) is 14.4. The van der Waals surface area contributed by atoms with E-state index in [0.29, 0.717) is 41.4 Å². The molecule has 4 rings (SSSR count). The average molecular weight is 427 g/mol. The van der Waals surface area contributed by atoms with Gasteiger partial charge in [0.1, 0.15) is 0 Å². The third kappa shape index (κ3) is 3.79. The number of hydrogen-bond donors (Lipinski definition) is 1. The number of allylic oxidation sites excluding steroid dienone is 2. The van der Waals surface area contributed by atoms with Crippen molar-refractivity contribution in [1.82, 2.24) is 0 Å². The highest BCUT2D eigenvalue weighted by Gasteiger charge is 2.60. The zero-order valence-electron chi connectivity index (χ0n) is 20.9. The Bertz CT molecular complexity index is 748. The van der Waals surface area contributed by atoms with Crippen LogP contribution in [0.15, 0.2) is 23.8 Å². The van der Waals surface area contributed by atoms with Crippen LogP contribution in [0.4, 0.5) is 0 Å². The van der Waals surface area contributed by atoms with Gasteiger partial charge in [0.2, 0.25) is 0 Å². The van der Waals surface area contributed by atoms with Crippen molar-refractivity contribution in [3.63, 3.8) is 0 Å². The van der Waals surface area contributed by atoms with Gasteiger partial charge in [0.05, 0.1) is 6.10 Å². The fraction of sp³-hybridized carbons (Fsp3) is 0.828. The van der Waals surface area contributed by atoms with Crippen LogP contribution < -0.4 is 0 Å². The van der Waals surface area contributed by atoms with Crippen LogP contribution in [0.1, 0.15) is 92.9 Å². The second-order valence-electron chi connectivity index (χ2n) is 12.4. The van der Waals surface area contributed by atoms with Gasteiger partial charge in [-0.2, -0.15) is 0 Å². The highest BCUT2D eigenvalue weighted by molar-refractivity contribution is 5.91. The number of aliphatic hydroxyl groups excluding tert-OH is 1. The fourth-order valence-corrected chi connectivity index (χ4v) is 8.79. The van der Waals surface area contributed by atoms with E-state index in [1.807, 2.05) is 6.08 Å². The van der Waals surface area contributed by atoms with Crippen LogP contribution in [0.2, 0.25) is 0 Å². The summed E-state index contributed by atoms with van der Waals surface area (Å²) in [4.78, 5) is 12.1. The largest absolute Gasteiger partial charge is 0.389 e. The second-order valence-corrected chi connectivity index (χ2v) is 12.4. The second kappa shape index (κ2) is 8.47. The molecule has 0 radical (unpaired) electrons. The van der Waals surface area contributed by atoms with Crippen molar-refractivity contribution in [1.29, 1.82) is 0 Å². The van der Waals surface area contributed by atoms with Crippen molar-refractivity contribution in [2.24, 2.45) is 52.3 Å². The minimum absolute atomic E-state index is 0.0345. The van der Waals surface area contributed by atoms with E-state index in [9.17, 15) is 9.90 Å². The Morgan fingerprint density at radius 1 is 1.10 bits per heavy atom. The van der Waals surface area contributed by atoms with Crippen LogP contribution in [0.25, 0.3) is 0 Å². The predicted molar refractivity (Wildman–Crippen MR) is 129 cm³/mol. The summed E-state index contributed by atoms with van der Waals surface area (Å²) < 4.78 is 0. The van der Waals surface area contributed by atoms with Gasteiger partial charge in [0.15, 0.2) is 5.78 Å². The molecule has 3 saturated carbocycles. The van der Waals surface area contributed by atoms with Gasteiger partial charge in [-0.1, -0.05) is 53.7 Å². The number of ketones is 1. The lowest BCUT2D eigenvalue weighted by Crippen LogP contribution is -2.54. The molecule has 0 aromatic rings. The minimum Gasteiger partial charge on any atom is -0.389 e. The molecular formula is C29H46O2. The zero-order valence-corrected chi connectivity index (χ0v) is 20.9. The zero-order chi connectivity index (χ0) is 22.6. The van der Waals surface area contributed by atoms with Gasteiger partial charge in [0.25, 0.3) is 0 Å². The van der Waals surface area contributed by atoms with Crippen LogP contribution in [0.3, 0.4) is 0 Å². The number of rotatable bonds is 5. The Labute approximate surface area is 191 Å². The number of fused-ring (bicyclic) bond motifs is 5. The van der Waals surface area contributed by atoms with Crippen molar-refractivity contribution in [3.8, 4) is 0 Å². The molecular weight excluding hydrogens is 380 g/mol. The first-order valence-electron chi connectivity index (χ1n) is 13.2. The maximum atomic E-state index is 12.1. The third-order valence-electron chi connectivity index (χ3n) is 10.7. The van der Waals surface area contributed by atoms with Gasteiger partial charge >= 0.3 is 0 Å². The summed E-state index contributed by atoms with van der Waals surface area (Å²) in [6, 6.07) is 0. The van der Waals surface area contributed by atoms with Crippen LogP contribution in [0, 0.1) is 52.3 Å². The van der Waals surface area contributed by atoms with Gasteiger partial charge < -0.3 is 5.11 Å². The molecule has 2 nitrogen and oxygen atoms in total. The van der Waals surface area contributed by atoms with Crippen molar-refractivity contribution >= 4 is 5.78 Å². The van der Waals surface area contributed by atoms with Gasteiger partial charge in [0, 0.05) is 6.42 Å². The summed E-state index contributed by atoms with van der Waals surface area (Å²) >= 11 is 0. The van der Waals surface area contributed by atoms with Crippen molar-refractivity contribution < 1.29 is 9.90 Å². The maximum absolute atomic E-state index is 12.1. The van der Waals surface area contributed by atoms with Crippen LogP contribution in [-0.4, -0.2) is 17.0 Å². The average Bonchev–Trinajstić information content (AvgIpc) is 3.07. The highest BCUT2D eigenvalue weighted by Crippen LogP contribution is 2.67. The van der Waals surface area contributed by atoms with E-state index in [2.05, 4.69) is 53.7 Å². The number of hydrogen-bond acceptors (Lipinski definition) is 2. The molecule has 0 bridgehead atoms. The predicted octanol–water partition coefficient (Wildman–Crippen LogP) is 6.98. The van der Waals surface area contributed by atoms with Crippen LogP contribution in [-0.2, 0) is 4.79 Å². The van der Waals surface area contributed by atoms with Gasteiger partial charge in [-0.3, -0.25) is 4.79 Å². The van der Waals surface area contributed by atoms with E-state index in [4.69, 9.17) is 0 Å². The molecule has 0 heterocycles. The fourth-order valence-electron chi connectivity index (χ4n) is 8.79. The van der Waals surface area contributed by atoms with Crippen LogP contribution in [0.5, 0.6) is 0 Å². The highest BCUT2D eigenvalue weighted by atomic mass is 16.3. The summed E-state index contributed by atoms with van der Waals surface area (Å²) in [5, 5.41) is 11.1. The van der Waals surface area contributed by atoms with Crippen molar-refractivity contribution in [2.75, 3.05) is 0 Å². The lowest BCUT2D eigenvalue weighted by atomic mass is 9.46. The summed E-state index contributed by atoms with van der Waals surface area (Å²) in [6.07, 6.45) is 15.4. The molecule has 9 atom stereocenters. The Balaban J connectivity index is 1.55. The third-order valence-corrected chi connectivity index (χ3v) is 10.7. The van der Waals surface area contributed by atoms with E-state index in [1.54, 1.807) is 0 Å². The van der Waals surface area contributed by atoms with E-state index in [0.717, 1.165) is 30.3 Å². The SMILES string of the molecule is CC[C@H](/C=C/[C@@H](C)[C@H]1CC[C@H]2[C@@H]3CC(O)C4=CC(=O)CC[C@]4(C)[C@H]3CC[C@]12C)C(C)C. The Morgan fingerprint density at radius 3 is 2.52 bits per heavy atom. The van der Waals surface area contributed by atoms with E-state index >= 15 is 0 Å². The normalized spacial score (nSPS) is 44.6. The molecule has 4 aliphatic rings. The quantitative estimate of drug-likeness (QED) is 0.481. The first-order valence-corrected chi connectivity index (χ1v) is 13.2. The summed E-state index contributed by atoms with van der Waals surface area (Å²) in [5.74, 6) is 5.00.